The Morgan fingerprint density at radius 1 is 0.919 bits per heavy atom. The molecular weight excluding hydrogens is 505 g/mol. The molecule has 0 unspecified atom stereocenters. The number of thiazole rings is 1. The fourth-order valence-corrected chi connectivity index (χ4v) is 5.93. The number of halogens is 1. The molecule has 0 fully saturated rings. The number of anilines is 2. The summed E-state index contributed by atoms with van der Waals surface area (Å²) in [4.78, 5) is 24.9. The van der Waals surface area contributed by atoms with Crippen LogP contribution in [-0.4, -0.2) is 20.9 Å². The normalized spacial score (nSPS) is 11.0. The minimum Gasteiger partial charge on any atom is -0.364 e. The SMILES string of the molecule is NC(=O)c1ncc(CC(c2ccccc2)c2ccccc2)c(Sc2cnc(Nc3ccccn3)s2)c1F. The summed E-state index contributed by atoms with van der Waals surface area (Å²) < 4.78 is 16.4. The van der Waals surface area contributed by atoms with Gasteiger partial charge in [-0.2, -0.15) is 0 Å². The van der Waals surface area contributed by atoms with Crippen LogP contribution in [0.1, 0.15) is 33.1 Å². The Hall–Kier alpha value is -4.08. The molecule has 0 aliphatic heterocycles. The molecule has 0 aliphatic carbocycles. The Morgan fingerprint density at radius 2 is 1.59 bits per heavy atom. The number of benzene rings is 2. The van der Waals surface area contributed by atoms with E-state index in [4.69, 9.17) is 5.73 Å². The Balaban J connectivity index is 1.50. The smallest absolute Gasteiger partial charge is 0.270 e. The zero-order valence-corrected chi connectivity index (χ0v) is 21.2. The molecule has 5 rings (SSSR count). The number of carbonyl (C=O) groups is 1. The van der Waals surface area contributed by atoms with Crippen LogP contribution >= 0.6 is 23.1 Å². The van der Waals surface area contributed by atoms with Gasteiger partial charge in [0.25, 0.3) is 5.91 Å². The second-order valence-corrected chi connectivity index (χ2v) is 10.5. The van der Waals surface area contributed by atoms with E-state index in [2.05, 4.69) is 44.5 Å². The van der Waals surface area contributed by atoms with Gasteiger partial charge in [-0.15, -0.1) is 0 Å². The first-order valence-corrected chi connectivity index (χ1v) is 13.1. The number of nitrogens with one attached hydrogen (secondary N) is 1. The van der Waals surface area contributed by atoms with Gasteiger partial charge in [-0.3, -0.25) is 4.79 Å². The summed E-state index contributed by atoms with van der Waals surface area (Å²) in [5.74, 6) is -1.00. The van der Waals surface area contributed by atoms with Crippen molar-refractivity contribution in [1.82, 2.24) is 15.0 Å². The zero-order valence-electron chi connectivity index (χ0n) is 19.5. The first-order chi connectivity index (χ1) is 18.1. The average Bonchev–Trinajstić information content (AvgIpc) is 3.37. The Labute approximate surface area is 221 Å². The molecule has 37 heavy (non-hydrogen) atoms. The number of rotatable bonds is 9. The van der Waals surface area contributed by atoms with E-state index >= 15 is 4.39 Å². The number of carbonyl (C=O) groups excluding carboxylic acids is 1. The first-order valence-electron chi connectivity index (χ1n) is 11.5. The van der Waals surface area contributed by atoms with Gasteiger partial charge in [-0.25, -0.2) is 19.3 Å². The largest absolute Gasteiger partial charge is 0.364 e. The van der Waals surface area contributed by atoms with E-state index in [0.717, 1.165) is 15.3 Å². The number of aromatic nitrogens is 3. The van der Waals surface area contributed by atoms with Crippen molar-refractivity contribution in [2.75, 3.05) is 5.32 Å². The second kappa shape index (κ2) is 11.3. The molecule has 0 atom stereocenters. The average molecular weight is 528 g/mol. The molecule has 2 aromatic carbocycles. The number of nitrogens with zero attached hydrogens (tertiary/aromatic N) is 3. The Bertz CT molecular complexity index is 1460. The molecule has 184 valence electrons. The van der Waals surface area contributed by atoms with Gasteiger partial charge in [0.1, 0.15) is 5.82 Å². The van der Waals surface area contributed by atoms with Crippen LogP contribution in [-0.2, 0) is 6.42 Å². The van der Waals surface area contributed by atoms with Crippen LogP contribution in [0.3, 0.4) is 0 Å². The molecule has 0 aliphatic rings. The lowest BCUT2D eigenvalue weighted by Gasteiger charge is -2.20. The Morgan fingerprint density at radius 3 is 2.22 bits per heavy atom. The summed E-state index contributed by atoms with van der Waals surface area (Å²) >= 11 is 2.57. The molecule has 0 bridgehead atoms. The third kappa shape index (κ3) is 5.84. The van der Waals surface area contributed by atoms with E-state index in [0.29, 0.717) is 27.8 Å². The van der Waals surface area contributed by atoms with Crippen molar-refractivity contribution < 1.29 is 9.18 Å². The van der Waals surface area contributed by atoms with E-state index < -0.39 is 11.7 Å². The second-order valence-electron chi connectivity index (χ2n) is 8.14. The number of hydrogen-bond acceptors (Lipinski definition) is 7. The third-order valence-electron chi connectivity index (χ3n) is 5.70. The van der Waals surface area contributed by atoms with Gasteiger partial charge in [0.15, 0.2) is 16.6 Å². The van der Waals surface area contributed by atoms with E-state index in [1.54, 1.807) is 18.6 Å². The summed E-state index contributed by atoms with van der Waals surface area (Å²) in [6.07, 6.45) is 5.39. The molecule has 6 nitrogen and oxygen atoms in total. The molecule has 0 spiro atoms. The quantitative estimate of drug-likeness (QED) is 0.229. The highest BCUT2D eigenvalue weighted by Crippen LogP contribution is 2.40. The molecule has 0 saturated carbocycles. The summed E-state index contributed by atoms with van der Waals surface area (Å²) in [5, 5.41) is 3.77. The van der Waals surface area contributed by atoms with Gasteiger partial charge in [0.2, 0.25) is 0 Å². The number of primary amides is 1. The zero-order chi connectivity index (χ0) is 25.6. The lowest BCUT2D eigenvalue weighted by Crippen LogP contribution is -2.17. The highest BCUT2D eigenvalue weighted by atomic mass is 32.2. The highest BCUT2D eigenvalue weighted by molar-refractivity contribution is 8.01. The number of amides is 1. The van der Waals surface area contributed by atoms with Crippen molar-refractivity contribution in [2.24, 2.45) is 5.73 Å². The van der Waals surface area contributed by atoms with Gasteiger partial charge in [-0.05, 0) is 35.2 Å². The standard InChI is InChI=1S/C28H22FN5OS2/c29-24-25(27(30)35)32-16-20(15-21(18-9-3-1-4-10-18)19-11-5-2-6-12-19)26(24)36-23-17-33-28(37-23)34-22-13-7-8-14-31-22/h1-14,16-17,21H,15H2,(H2,30,35)(H,31,33,34). The topological polar surface area (TPSA) is 93.8 Å². The number of hydrogen-bond donors (Lipinski definition) is 2. The van der Waals surface area contributed by atoms with Crippen molar-refractivity contribution in [3.05, 3.63) is 126 Å². The monoisotopic (exact) mass is 527 g/mol. The van der Waals surface area contributed by atoms with Crippen molar-refractivity contribution >= 4 is 40.0 Å². The number of nitrogens with two attached hydrogens (primary N) is 1. The third-order valence-corrected chi connectivity index (χ3v) is 7.86. The molecule has 1 amide bonds. The fourth-order valence-electron chi connectivity index (χ4n) is 3.96. The minimum atomic E-state index is -0.907. The molecule has 9 heteroatoms. The van der Waals surface area contributed by atoms with Crippen LogP contribution in [0, 0.1) is 5.82 Å². The van der Waals surface area contributed by atoms with Crippen LogP contribution in [0.2, 0.25) is 0 Å². The van der Waals surface area contributed by atoms with Gasteiger partial charge in [-0.1, -0.05) is 89.8 Å². The van der Waals surface area contributed by atoms with Crippen LogP contribution in [0.5, 0.6) is 0 Å². The van der Waals surface area contributed by atoms with Gasteiger partial charge >= 0.3 is 0 Å². The summed E-state index contributed by atoms with van der Waals surface area (Å²) in [7, 11) is 0. The van der Waals surface area contributed by atoms with E-state index in [-0.39, 0.29) is 11.6 Å². The molecule has 5 aromatic rings. The number of pyridine rings is 2. The summed E-state index contributed by atoms with van der Waals surface area (Å²) in [6.45, 7) is 0. The van der Waals surface area contributed by atoms with Gasteiger partial charge in [0, 0.05) is 18.3 Å². The molecule has 3 N–H and O–H groups in total. The highest BCUT2D eigenvalue weighted by Gasteiger charge is 2.24. The van der Waals surface area contributed by atoms with Gasteiger partial charge in [0.05, 0.1) is 15.3 Å². The van der Waals surface area contributed by atoms with Crippen molar-refractivity contribution in [3.63, 3.8) is 0 Å². The molecule has 3 heterocycles. The van der Waals surface area contributed by atoms with Gasteiger partial charge < -0.3 is 11.1 Å². The van der Waals surface area contributed by atoms with E-state index in [1.807, 2.05) is 54.6 Å². The van der Waals surface area contributed by atoms with Crippen LogP contribution in [0.4, 0.5) is 15.3 Å². The van der Waals surface area contributed by atoms with Crippen LogP contribution in [0.15, 0.2) is 107 Å². The van der Waals surface area contributed by atoms with E-state index in [1.165, 1.54) is 23.1 Å². The summed E-state index contributed by atoms with van der Waals surface area (Å²) in [5.41, 5.74) is 7.93. The maximum atomic E-state index is 15.7. The Kier molecular flexibility index (Phi) is 7.53. The van der Waals surface area contributed by atoms with E-state index in [9.17, 15) is 4.79 Å². The van der Waals surface area contributed by atoms with Crippen LogP contribution < -0.4 is 11.1 Å². The van der Waals surface area contributed by atoms with Crippen molar-refractivity contribution in [1.29, 1.82) is 0 Å². The van der Waals surface area contributed by atoms with Crippen molar-refractivity contribution in [3.8, 4) is 0 Å². The molecule has 0 saturated heterocycles. The predicted molar refractivity (Wildman–Crippen MR) is 145 cm³/mol. The maximum Gasteiger partial charge on any atom is 0.270 e. The maximum absolute atomic E-state index is 15.7. The summed E-state index contributed by atoms with van der Waals surface area (Å²) in [6, 6.07) is 25.7. The van der Waals surface area contributed by atoms with Crippen molar-refractivity contribution in [2.45, 2.75) is 21.4 Å². The van der Waals surface area contributed by atoms with Crippen LogP contribution in [0.25, 0.3) is 0 Å². The molecule has 3 aromatic heterocycles. The molecular formula is C28H22FN5OS2. The fraction of sp³-hybridized carbons (Fsp3) is 0.0714. The lowest BCUT2D eigenvalue weighted by molar-refractivity contribution is 0.0990. The first kappa shape index (κ1) is 24.6. The predicted octanol–water partition coefficient (Wildman–Crippen LogP) is 6.44. The molecule has 0 radical (unpaired) electrons. The minimum absolute atomic E-state index is 0.0368. The lowest BCUT2D eigenvalue weighted by atomic mass is 9.86.